The first-order valence-electron chi connectivity index (χ1n) is 6.15. The van der Waals surface area contributed by atoms with E-state index >= 15 is 0 Å². The van der Waals surface area contributed by atoms with Crippen LogP contribution in [-0.2, 0) is 12.8 Å². The summed E-state index contributed by atoms with van der Waals surface area (Å²) in [5.74, 6) is 0.0448. The van der Waals surface area contributed by atoms with Gasteiger partial charge in [-0.25, -0.2) is 0 Å². The number of ketones is 1. The molecule has 0 spiro atoms. The van der Waals surface area contributed by atoms with Crippen LogP contribution < -0.4 is 0 Å². The third-order valence-electron chi connectivity index (χ3n) is 3.43. The van der Waals surface area contributed by atoms with Crippen molar-refractivity contribution in [2.24, 2.45) is 0 Å². The van der Waals surface area contributed by atoms with Crippen molar-refractivity contribution in [3.8, 4) is 0 Å². The van der Waals surface area contributed by atoms with Crippen molar-refractivity contribution >= 4 is 28.7 Å². The molecule has 0 aliphatic heterocycles. The van der Waals surface area contributed by atoms with Crippen LogP contribution >= 0.6 is 22.9 Å². The number of halogens is 1. The lowest BCUT2D eigenvalue weighted by Crippen LogP contribution is -2.06. The highest BCUT2D eigenvalue weighted by Gasteiger charge is 2.17. The number of hydrogen-bond acceptors (Lipinski definition) is 2. The van der Waals surface area contributed by atoms with Gasteiger partial charge in [0, 0.05) is 5.56 Å². The molecular weight excluding hydrogens is 264 g/mol. The first kappa shape index (κ1) is 11.9. The molecule has 92 valence electrons. The fourth-order valence-corrected chi connectivity index (χ4v) is 3.56. The molecule has 1 nitrogen and oxygen atoms in total. The summed E-state index contributed by atoms with van der Waals surface area (Å²) in [5, 5.41) is 2.41. The molecule has 3 heteroatoms. The SMILES string of the molecule is O=C(c1ccc2c(c1)CCCC2)c1sccc1Cl. The lowest BCUT2D eigenvalue weighted by atomic mass is 9.89. The van der Waals surface area contributed by atoms with Gasteiger partial charge in [-0.15, -0.1) is 11.3 Å². The molecule has 0 N–H and O–H groups in total. The maximum Gasteiger partial charge on any atom is 0.204 e. The van der Waals surface area contributed by atoms with Crippen LogP contribution in [0.3, 0.4) is 0 Å². The van der Waals surface area contributed by atoms with Crippen molar-refractivity contribution in [2.75, 3.05) is 0 Å². The van der Waals surface area contributed by atoms with Gasteiger partial charge in [-0.2, -0.15) is 0 Å². The Balaban J connectivity index is 1.98. The van der Waals surface area contributed by atoms with Gasteiger partial charge in [-0.05, 0) is 54.3 Å². The minimum Gasteiger partial charge on any atom is -0.288 e. The third-order valence-corrected chi connectivity index (χ3v) is 4.77. The second-order valence-electron chi connectivity index (χ2n) is 4.62. The summed E-state index contributed by atoms with van der Waals surface area (Å²) in [6.45, 7) is 0. The summed E-state index contributed by atoms with van der Waals surface area (Å²) >= 11 is 7.43. The highest BCUT2D eigenvalue weighted by Crippen LogP contribution is 2.27. The second-order valence-corrected chi connectivity index (χ2v) is 5.94. The van der Waals surface area contributed by atoms with Gasteiger partial charge in [0.2, 0.25) is 5.78 Å². The highest BCUT2D eigenvalue weighted by molar-refractivity contribution is 7.13. The van der Waals surface area contributed by atoms with E-state index in [1.807, 2.05) is 17.5 Å². The Morgan fingerprint density at radius 3 is 2.61 bits per heavy atom. The molecule has 1 aromatic carbocycles. The lowest BCUT2D eigenvalue weighted by molar-refractivity contribution is 0.104. The van der Waals surface area contributed by atoms with Gasteiger partial charge in [0.15, 0.2) is 0 Å². The van der Waals surface area contributed by atoms with Gasteiger partial charge in [0.25, 0.3) is 0 Å². The standard InChI is InChI=1S/C15H13ClOS/c16-13-7-8-18-15(13)14(17)12-6-5-10-3-1-2-4-11(10)9-12/h5-9H,1-4H2. The zero-order chi connectivity index (χ0) is 12.5. The fraction of sp³-hybridized carbons (Fsp3) is 0.267. The van der Waals surface area contributed by atoms with Gasteiger partial charge in [-0.3, -0.25) is 4.79 Å². The molecule has 0 saturated carbocycles. The molecule has 3 rings (SSSR count). The van der Waals surface area contributed by atoms with E-state index in [-0.39, 0.29) is 5.78 Å². The summed E-state index contributed by atoms with van der Waals surface area (Å²) in [7, 11) is 0. The summed E-state index contributed by atoms with van der Waals surface area (Å²) in [4.78, 5) is 13.0. The Bertz CT molecular complexity index is 600. The zero-order valence-corrected chi connectivity index (χ0v) is 11.5. The van der Waals surface area contributed by atoms with Crippen LogP contribution in [0, 0.1) is 0 Å². The Labute approximate surface area is 115 Å². The highest BCUT2D eigenvalue weighted by atomic mass is 35.5. The predicted octanol–water partition coefficient (Wildman–Crippen LogP) is 4.51. The summed E-state index contributed by atoms with van der Waals surface area (Å²) in [5.41, 5.74) is 3.50. The molecule has 1 heterocycles. The van der Waals surface area contributed by atoms with Crippen molar-refractivity contribution in [1.82, 2.24) is 0 Å². The quantitative estimate of drug-likeness (QED) is 0.738. The summed E-state index contributed by atoms with van der Waals surface area (Å²) in [6, 6.07) is 7.86. The van der Waals surface area contributed by atoms with Crippen LogP contribution in [0.4, 0.5) is 0 Å². The van der Waals surface area contributed by atoms with E-state index in [1.54, 1.807) is 6.07 Å². The van der Waals surface area contributed by atoms with Gasteiger partial charge >= 0.3 is 0 Å². The Morgan fingerprint density at radius 2 is 1.89 bits per heavy atom. The molecular formula is C15H13ClOS. The smallest absolute Gasteiger partial charge is 0.204 e. The molecule has 0 radical (unpaired) electrons. The molecule has 0 bridgehead atoms. The van der Waals surface area contributed by atoms with Crippen molar-refractivity contribution < 1.29 is 4.79 Å². The maximum absolute atomic E-state index is 12.3. The number of benzene rings is 1. The van der Waals surface area contributed by atoms with Crippen LogP contribution in [0.25, 0.3) is 0 Å². The van der Waals surface area contributed by atoms with Crippen LogP contribution in [0.1, 0.15) is 39.2 Å². The molecule has 1 aromatic heterocycles. The minimum atomic E-state index is 0.0448. The van der Waals surface area contributed by atoms with Crippen LogP contribution in [0.15, 0.2) is 29.6 Å². The predicted molar refractivity (Wildman–Crippen MR) is 75.8 cm³/mol. The summed E-state index contributed by atoms with van der Waals surface area (Å²) < 4.78 is 0. The van der Waals surface area contributed by atoms with E-state index in [2.05, 4.69) is 6.07 Å². The summed E-state index contributed by atoms with van der Waals surface area (Å²) in [6.07, 6.45) is 4.72. The minimum absolute atomic E-state index is 0.0448. The van der Waals surface area contributed by atoms with E-state index in [4.69, 9.17) is 11.6 Å². The average Bonchev–Trinajstić information content (AvgIpc) is 2.83. The third kappa shape index (κ3) is 2.11. The molecule has 18 heavy (non-hydrogen) atoms. The maximum atomic E-state index is 12.3. The molecule has 0 unspecified atom stereocenters. The van der Waals surface area contributed by atoms with Crippen LogP contribution in [0.2, 0.25) is 5.02 Å². The molecule has 1 aliphatic rings. The van der Waals surface area contributed by atoms with Crippen molar-refractivity contribution in [3.63, 3.8) is 0 Å². The van der Waals surface area contributed by atoms with Crippen LogP contribution in [0.5, 0.6) is 0 Å². The average molecular weight is 277 g/mol. The topological polar surface area (TPSA) is 17.1 Å². The molecule has 0 atom stereocenters. The molecule has 0 fully saturated rings. The van der Waals surface area contributed by atoms with Crippen molar-refractivity contribution in [3.05, 3.63) is 56.2 Å². The largest absolute Gasteiger partial charge is 0.288 e. The van der Waals surface area contributed by atoms with E-state index in [0.29, 0.717) is 9.90 Å². The first-order valence-corrected chi connectivity index (χ1v) is 7.41. The number of rotatable bonds is 2. The molecule has 0 saturated heterocycles. The van der Waals surface area contributed by atoms with E-state index < -0.39 is 0 Å². The number of carbonyl (C=O) groups is 1. The number of hydrogen-bond donors (Lipinski definition) is 0. The number of aryl methyl sites for hydroxylation is 2. The molecule has 1 aliphatic carbocycles. The van der Waals surface area contributed by atoms with Crippen LogP contribution in [-0.4, -0.2) is 5.78 Å². The van der Waals surface area contributed by atoms with E-state index in [9.17, 15) is 4.79 Å². The monoisotopic (exact) mass is 276 g/mol. The normalized spacial score (nSPS) is 14.3. The van der Waals surface area contributed by atoms with E-state index in [0.717, 1.165) is 18.4 Å². The lowest BCUT2D eigenvalue weighted by Gasteiger charge is -2.16. The second kappa shape index (κ2) is 4.87. The van der Waals surface area contributed by atoms with Gasteiger partial charge in [-0.1, -0.05) is 23.7 Å². The molecule has 2 aromatic rings. The Kier molecular flexibility index (Phi) is 3.23. The van der Waals surface area contributed by atoms with Gasteiger partial charge in [0.1, 0.15) is 0 Å². The zero-order valence-electron chi connectivity index (χ0n) is 9.91. The van der Waals surface area contributed by atoms with Gasteiger partial charge in [0.05, 0.1) is 9.90 Å². The molecule has 0 amide bonds. The Morgan fingerprint density at radius 1 is 1.11 bits per heavy atom. The fourth-order valence-electron chi connectivity index (χ4n) is 2.46. The number of fused-ring (bicyclic) bond motifs is 1. The van der Waals surface area contributed by atoms with Crippen molar-refractivity contribution in [2.45, 2.75) is 25.7 Å². The first-order chi connectivity index (χ1) is 8.75. The number of thiophene rings is 1. The number of carbonyl (C=O) groups excluding carboxylic acids is 1. The van der Waals surface area contributed by atoms with E-state index in [1.165, 1.54) is 35.3 Å². The Hall–Kier alpha value is -1.12. The van der Waals surface area contributed by atoms with Crippen molar-refractivity contribution in [1.29, 1.82) is 0 Å². The van der Waals surface area contributed by atoms with Gasteiger partial charge < -0.3 is 0 Å².